The molecule has 0 N–H and O–H groups in total. The van der Waals surface area contributed by atoms with E-state index >= 15 is 0 Å². The minimum Gasteiger partial charge on any atom is -0.469 e. The number of furan rings is 2. The van der Waals surface area contributed by atoms with E-state index in [0.717, 1.165) is 11.5 Å². The van der Waals surface area contributed by atoms with Gasteiger partial charge in [0.05, 0.1) is 36.5 Å². The molecule has 18 heavy (non-hydrogen) atoms. The van der Waals surface area contributed by atoms with Crippen LogP contribution in [0.3, 0.4) is 0 Å². The molecule has 4 heteroatoms. The van der Waals surface area contributed by atoms with Crippen LogP contribution in [-0.4, -0.2) is 0 Å². The molecule has 0 spiro atoms. The quantitative estimate of drug-likeness (QED) is 0.805. The molecule has 2 heterocycles. The molecule has 0 aliphatic heterocycles. The van der Waals surface area contributed by atoms with E-state index in [2.05, 4.69) is 12.1 Å². The van der Waals surface area contributed by atoms with Crippen molar-refractivity contribution in [2.75, 3.05) is 0 Å². The second-order valence-corrected chi connectivity index (χ2v) is 4.39. The predicted molar refractivity (Wildman–Crippen MR) is 61.1 cm³/mol. The fourth-order valence-electron chi connectivity index (χ4n) is 2.74. The second-order valence-electron chi connectivity index (χ2n) is 4.39. The average molecular weight is 238 g/mol. The van der Waals surface area contributed by atoms with Gasteiger partial charge in [-0.15, -0.1) is 0 Å². The summed E-state index contributed by atoms with van der Waals surface area (Å²) in [6, 6.07) is 11.7. The molecule has 1 aliphatic carbocycles. The maximum atomic E-state index is 9.20. The Morgan fingerprint density at radius 1 is 0.833 bits per heavy atom. The Hall–Kier alpha value is -2.46. The van der Waals surface area contributed by atoms with Crippen LogP contribution in [0.4, 0.5) is 0 Å². The number of nitrogens with zero attached hydrogens (tertiary/aromatic N) is 2. The van der Waals surface area contributed by atoms with Crippen LogP contribution in [0.5, 0.6) is 0 Å². The summed E-state index contributed by atoms with van der Waals surface area (Å²) in [6.07, 6.45) is 3.17. The summed E-state index contributed by atoms with van der Waals surface area (Å²) < 4.78 is 10.8. The molecule has 2 aromatic rings. The lowest BCUT2D eigenvalue weighted by molar-refractivity contribution is 0.145. The molecule has 2 aromatic heterocycles. The monoisotopic (exact) mass is 238 g/mol. The third kappa shape index (κ3) is 1.36. The smallest absolute Gasteiger partial charge is 0.108 e. The van der Waals surface area contributed by atoms with Gasteiger partial charge in [0.2, 0.25) is 0 Å². The van der Waals surface area contributed by atoms with Gasteiger partial charge in [-0.2, -0.15) is 10.5 Å². The fraction of sp³-hybridized carbons (Fsp3) is 0.286. The zero-order valence-electron chi connectivity index (χ0n) is 9.48. The molecule has 1 fully saturated rings. The molecule has 4 nitrogen and oxygen atoms in total. The molecule has 0 bridgehead atoms. The SMILES string of the molecule is N#C[C@H]1[C@H](C#N)[C@@H](c2ccco2)[C@@H]1c1ccco1. The topological polar surface area (TPSA) is 73.9 Å². The summed E-state index contributed by atoms with van der Waals surface area (Å²) in [5.74, 6) is 0.623. The summed E-state index contributed by atoms with van der Waals surface area (Å²) in [6.45, 7) is 0. The van der Waals surface area contributed by atoms with Gasteiger partial charge in [-0.05, 0) is 24.3 Å². The van der Waals surface area contributed by atoms with Crippen LogP contribution >= 0.6 is 0 Å². The Morgan fingerprint density at radius 3 is 1.56 bits per heavy atom. The van der Waals surface area contributed by atoms with Crippen LogP contribution in [-0.2, 0) is 0 Å². The zero-order chi connectivity index (χ0) is 12.5. The second kappa shape index (κ2) is 4.09. The number of hydrogen-bond acceptors (Lipinski definition) is 4. The molecular formula is C14H10N2O2. The normalized spacial score (nSPS) is 30.1. The van der Waals surface area contributed by atoms with E-state index in [-0.39, 0.29) is 23.7 Å². The van der Waals surface area contributed by atoms with E-state index in [9.17, 15) is 10.5 Å². The van der Waals surface area contributed by atoms with Crippen LogP contribution in [0.2, 0.25) is 0 Å². The van der Waals surface area contributed by atoms with Gasteiger partial charge in [0.25, 0.3) is 0 Å². The third-order valence-corrected chi connectivity index (χ3v) is 3.59. The van der Waals surface area contributed by atoms with E-state index in [1.54, 1.807) is 24.7 Å². The Balaban J connectivity index is 2.00. The molecule has 3 rings (SSSR count). The first kappa shape index (κ1) is 10.7. The maximum Gasteiger partial charge on any atom is 0.108 e. The summed E-state index contributed by atoms with van der Waals surface area (Å²) in [7, 11) is 0. The molecule has 88 valence electrons. The van der Waals surface area contributed by atoms with Gasteiger partial charge in [0, 0.05) is 11.8 Å². The number of nitriles is 2. The van der Waals surface area contributed by atoms with Crippen molar-refractivity contribution in [3.63, 3.8) is 0 Å². The van der Waals surface area contributed by atoms with Gasteiger partial charge >= 0.3 is 0 Å². The van der Waals surface area contributed by atoms with E-state index in [1.807, 2.05) is 12.1 Å². The fourth-order valence-corrected chi connectivity index (χ4v) is 2.74. The van der Waals surface area contributed by atoms with Crippen LogP contribution in [0.25, 0.3) is 0 Å². The number of hydrogen-bond donors (Lipinski definition) is 0. The lowest BCUT2D eigenvalue weighted by Gasteiger charge is -2.42. The van der Waals surface area contributed by atoms with Crippen molar-refractivity contribution >= 4 is 0 Å². The van der Waals surface area contributed by atoms with E-state index in [4.69, 9.17) is 8.83 Å². The molecule has 0 saturated heterocycles. The summed E-state index contributed by atoms with van der Waals surface area (Å²) >= 11 is 0. The zero-order valence-corrected chi connectivity index (χ0v) is 9.48. The van der Waals surface area contributed by atoms with Crippen molar-refractivity contribution in [2.45, 2.75) is 11.8 Å². The Bertz CT molecular complexity index is 545. The molecule has 0 amide bonds. The maximum absolute atomic E-state index is 9.20. The molecule has 1 aliphatic rings. The van der Waals surface area contributed by atoms with Gasteiger partial charge in [0.1, 0.15) is 11.5 Å². The first-order valence-corrected chi connectivity index (χ1v) is 5.73. The average Bonchev–Trinajstić information content (AvgIpc) is 3.01. The molecular weight excluding hydrogens is 228 g/mol. The van der Waals surface area contributed by atoms with Crippen molar-refractivity contribution in [3.8, 4) is 12.1 Å². The van der Waals surface area contributed by atoms with E-state index in [0.29, 0.717) is 0 Å². The van der Waals surface area contributed by atoms with Gasteiger partial charge in [-0.3, -0.25) is 0 Å². The highest BCUT2D eigenvalue weighted by Gasteiger charge is 2.55. The lowest BCUT2D eigenvalue weighted by Crippen LogP contribution is -2.41. The first-order chi connectivity index (χ1) is 8.86. The van der Waals surface area contributed by atoms with Crippen LogP contribution < -0.4 is 0 Å². The highest BCUT2D eigenvalue weighted by atomic mass is 16.3. The van der Waals surface area contributed by atoms with Crippen molar-refractivity contribution in [1.82, 2.24) is 0 Å². The largest absolute Gasteiger partial charge is 0.469 e. The van der Waals surface area contributed by atoms with Crippen LogP contribution in [0.1, 0.15) is 23.4 Å². The minimum absolute atomic E-state index is 0.0965. The molecule has 0 unspecified atom stereocenters. The highest BCUT2D eigenvalue weighted by molar-refractivity contribution is 5.33. The van der Waals surface area contributed by atoms with Crippen LogP contribution in [0.15, 0.2) is 45.6 Å². The van der Waals surface area contributed by atoms with Crippen molar-refractivity contribution in [3.05, 3.63) is 48.3 Å². The molecule has 4 atom stereocenters. The Kier molecular flexibility index (Phi) is 2.42. The van der Waals surface area contributed by atoms with E-state index < -0.39 is 0 Å². The Labute approximate surface area is 104 Å². The molecule has 0 aromatic carbocycles. The molecule has 1 saturated carbocycles. The number of rotatable bonds is 2. The Morgan fingerprint density at radius 2 is 1.28 bits per heavy atom. The van der Waals surface area contributed by atoms with E-state index in [1.165, 1.54) is 0 Å². The third-order valence-electron chi connectivity index (χ3n) is 3.59. The van der Waals surface area contributed by atoms with Gasteiger partial charge in [0.15, 0.2) is 0 Å². The predicted octanol–water partition coefficient (Wildman–Crippen LogP) is 3.03. The summed E-state index contributed by atoms with van der Waals surface area (Å²) in [4.78, 5) is 0. The highest BCUT2D eigenvalue weighted by Crippen LogP contribution is 2.57. The summed E-state index contributed by atoms with van der Waals surface area (Å²) in [5.41, 5.74) is 0. The van der Waals surface area contributed by atoms with Crippen molar-refractivity contribution < 1.29 is 8.83 Å². The van der Waals surface area contributed by atoms with Gasteiger partial charge in [-0.25, -0.2) is 0 Å². The lowest BCUT2D eigenvalue weighted by atomic mass is 9.56. The molecule has 0 radical (unpaired) electrons. The van der Waals surface area contributed by atoms with Crippen molar-refractivity contribution in [2.24, 2.45) is 11.8 Å². The minimum atomic E-state index is -0.337. The van der Waals surface area contributed by atoms with Gasteiger partial charge < -0.3 is 8.83 Å². The van der Waals surface area contributed by atoms with Crippen molar-refractivity contribution in [1.29, 1.82) is 10.5 Å². The summed E-state index contributed by atoms with van der Waals surface area (Å²) in [5, 5.41) is 18.4. The first-order valence-electron chi connectivity index (χ1n) is 5.73. The standard InChI is InChI=1S/C14H10N2O2/c15-7-9-10(8-16)14(12-4-2-6-18-12)13(9)11-3-1-5-17-11/h1-6,9-10,13-14H/t9-,10-,13-,14-/m0/s1. The van der Waals surface area contributed by atoms with Crippen LogP contribution in [0, 0.1) is 34.5 Å². The van der Waals surface area contributed by atoms with Gasteiger partial charge in [-0.1, -0.05) is 0 Å².